The van der Waals surface area contributed by atoms with Crippen LogP contribution in [0.3, 0.4) is 0 Å². The van der Waals surface area contributed by atoms with Gasteiger partial charge in [-0.1, -0.05) is 24.3 Å². The summed E-state index contributed by atoms with van der Waals surface area (Å²) in [5.41, 5.74) is 2.96. The Morgan fingerprint density at radius 1 is 1.07 bits per heavy atom. The summed E-state index contributed by atoms with van der Waals surface area (Å²) in [6, 6.07) is 15.6. The normalized spacial score (nSPS) is 10.7. The van der Waals surface area contributed by atoms with E-state index in [2.05, 4.69) is 10.3 Å². The Balaban J connectivity index is 1.32. The van der Waals surface area contributed by atoms with E-state index in [1.165, 1.54) is 11.3 Å². The summed E-state index contributed by atoms with van der Waals surface area (Å²) in [6.45, 7) is 0.0378. The number of benzene rings is 2. The molecule has 3 rings (SSSR count). The number of nitrogens with zero attached hydrogens (tertiary/aromatic N) is 2. The molecule has 7 nitrogen and oxygen atoms in total. The second-order valence-electron chi connectivity index (χ2n) is 6.57. The first kappa shape index (κ1) is 20.8. The molecule has 0 spiro atoms. The molecule has 1 N–H and O–H groups in total. The van der Waals surface area contributed by atoms with Crippen LogP contribution in [0.4, 0.5) is 5.69 Å². The minimum absolute atomic E-state index is 0.226. The first-order valence-electron chi connectivity index (χ1n) is 9.12. The fourth-order valence-corrected chi connectivity index (χ4v) is 3.46. The number of ether oxygens (including phenoxy) is 2. The van der Waals surface area contributed by atoms with E-state index in [0.717, 1.165) is 26.5 Å². The molecule has 8 heteroatoms. The van der Waals surface area contributed by atoms with E-state index in [4.69, 9.17) is 9.47 Å². The van der Waals surface area contributed by atoms with Crippen molar-refractivity contribution in [3.05, 3.63) is 59.1 Å². The molecule has 0 saturated carbocycles. The number of nitrogens with one attached hydrogen (secondary N) is 1. The van der Waals surface area contributed by atoms with E-state index in [-0.39, 0.29) is 25.7 Å². The molecular weight excluding hydrogens is 390 g/mol. The number of aromatic nitrogens is 1. The summed E-state index contributed by atoms with van der Waals surface area (Å²) < 4.78 is 11.4. The first-order valence-corrected chi connectivity index (χ1v) is 9.93. The zero-order valence-corrected chi connectivity index (χ0v) is 17.2. The van der Waals surface area contributed by atoms with Crippen LogP contribution in [-0.4, -0.2) is 44.2 Å². The van der Waals surface area contributed by atoms with Gasteiger partial charge in [0.25, 0.3) is 5.91 Å². The largest absolute Gasteiger partial charge is 0.454 e. The highest BCUT2D eigenvalue weighted by Crippen LogP contribution is 2.21. The predicted octanol–water partition coefficient (Wildman–Crippen LogP) is 2.74. The van der Waals surface area contributed by atoms with Crippen LogP contribution in [0.1, 0.15) is 10.6 Å². The number of fused-ring (bicyclic) bond motifs is 1. The number of rotatable bonds is 9. The number of carbonyl (C=O) groups is 2. The molecule has 0 saturated heterocycles. The minimum Gasteiger partial charge on any atom is -0.454 e. The molecule has 0 atom stereocenters. The summed E-state index contributed by atoms with van der Waals surface area (Å²) in [5, 5.41) is 3.51. The van der Waals surface area contributed by atoms with Gasteiger partial charge in [-0.15, -0.1) is 11.3 Å². The highest BCUT2D eigenvalue weighted by molar-refractivity contribution is 7.18. The zero-order chi connectivity index (χ0) is 20.6. The van der Waals surface area contributed by atoms with Crippen molar-refractivity contribution < 1.29 is 19.1 Å². The van der Waals surface area contributed by atoms with E-state index < -0.39 is 5.97 Å². The van der Waals surface area contributed by atoms with Gasteiger partial charge in [0.1, 0.15) is 11.6 Å². The van der Waals surface area contributed by atoms with Crippen molar-refractivity contribution in [1.82, 2.24) is 10.3 Å². The Labute approximate surface area is 173 Å². The number of amides is 1. The summed E-state index contributed by atoms with van der Waals surface area (Å²) in [4.78, 5) is 30.0. The second kappa shape index (κ2) is 9.99. The topological polar surface area (TPSA) is 80.8 Å². The van der Waals surface area contributed by atoms with Crippen LogP contribution in [0.25, 0.3) is 10.2 Å². The lowest BCUT2D eigenvalue weighted by Crippen LogP contribution is -2.29. The third kappa shape index (κ3) is 6.27. The second-order valence-corrected chi connectivity index (χ2v) is 7.68. The molecule has 0 aliphatic carbocycles. The van der Waals surface area contributed by atoms with Gasteiger partial charge in [-0.25, -0.2) is 9.78 Å². The third-order valence-electron chi connectivity index (χ3n) is 4.09. The molecule has 1 amide bonds. The van der Waals surface area contributed by atoms with E-state index in [1.807, 2.05) is 67.5 Å². The van der Waals surface area contributed by atoms with E-state index >= 15 is 0 Å². The zero-order valence-electron chi connectivity index (χ0n) is 16.4. The predicted molar refractivity (Wildman–Crippen MR) is 113 cm³/mol. The standard InChI is InChI=1S/C21H23N3O4S/c1-24(2)16-9-7-15(8-10-16)11-22-19(25)12-28-21(26)14-27-13-20-23-17-5-3-4-6-18(17)29-20/h3-10H,11-14H2,1-2H3,(H,22,25). The lowest BCUT2D eigenvalue weighted by molar-refractivity contribution is -0.153. The Morgan fingerprint density at radius 3 is 2.55 bits per heavy atom. The average Bonchev–Trinajstić information content (AvgIpc) is 3.13. The van der Waals surface area contributed by atoms with Gasteiger partial charge >= 0.3 is 5.97 Å². The number of thiazole rings is 1. The first-order chi connectivity index (χ1) is 14.0. The summed E-state index contributed by atoms with van der Waals surface area (Å²) >= 11 is 1.52. The number of carbonyl (C=O) groups excluding carboxylic acids is 2. The molecule has 2 aromatic carbocycles. The van der Waals surface area contributed by atoms with Gasteiger partial charge in [0, 0.05) is 26.3 Å². The molecule has 29 heavy (non-hydrogen) atoms. The maximum atomic E-state index is 11.8. The van der Waals surface area contributed by atoms with Gasteiger partial charge in [-0.2, -0.15) is 0 Å². The molecule has 1 aromatic heterocycles. The Kier molecular flexibility index (Phi) is 7.15. The number of hydrogen-bond donors (Lipinski definition) is 1. The van der Waals surface area contributed by atoms with Crippen molar-refractivity contribution in [3.63, 3.8) is 0 Å². The van der Waals surface area contributed by atoms with Crippen molar-refractivity contribution in [2.75, 3.05) is 32.2 Å². The van der Waals surface area contributed by atoms with Crippen molar-refractivity contribution >= 4 is 39.1 Å². The fourth-order valence-electron chi connectivity index (χ4n) is 2.55. The highest BCUT2D eigenvalue weighted by Gasteiger charge is 2.09. The van der Waals surface area contributed by atoms with Crippen LogP contribution >= 0.6 is 11.3 Å². The Hall–Kier alpha value is -2.97. The molecule has 3 aromatic rings. The maximum Gasteiger partial charge on any atom is 0.332 e. The molecule has 1 heterocycles. The van der Waals surface area contributed by atoms with Gasteiger partial charge in [0.05, 0.1) is 16.8 Å². The summed E-state index contributed by atoms with van der Waals surface area (Å²) in [5.74, 6) is -0.946. The smallest absolute Gasteiger partial charge is 0.332 e. The molecule has 0 unspecified atom stereocenters. The monoisotopic (exact) mass is 413 g/mol. The fraction of sp³-hybridized carbons (Fsp3) is 0.286. The van der Waals surface area contributed by atoms with Crippen molar-refractivity contribution in [1.29, 1.82) is 0 Å². The van der Waals surface area contributed by atoms with Crippen LogP contribution in [0.2, 0.25) is 0 Å². The third-order valence-corrected chi connectivity index (χ3v) is 5.10. The number of hydrogen-bond acceptors (Lipinski definition) is 7. The van der Waals surface area contributed by atoms with Crippen LogP contribution in [0.5, 0.6) is 0 Å². The lowest BCUT2D eigenvalue weighted by atomic mass is 10.2. The van der Waals surface area contributed by atoms with Crippen molar-refractivity contribution in [2.45, 2.75) is 13.2 Å². The molecule has 0 fully saturated rings. The van der Waals surface area contributed by atoms with Gasteiger partial charge in [0.15, 0.2) is 6.61 Å². The molecule has 0 aliphatic heterocycles. The number of esters is 1. The van der Waals surface area contributed by atoms with Gasteiger partial charge in [-0.3, -0.25) is 4.79 Å². The van der Waals surface area contributed by atoms with Crippen LogP contribution in [0, 0.1) is 0 Å². The summed E-state index contributed by atoms with van der Waals surface area (Å²) in [7, 11) is 3.93. The van der Waals surface area contributed by atoms with Crippen molar-refractivity contribution in [2.24, 2.45) is 0 Å². The quantitative estimate of drug-likeness (QED) is 0.544. The molecule has 0 bridgehead atoms. The molecule has 152 valence electrons. The SMILES string of the molecule is CN(C)c1ccc(CNC(=O)COC(=O)COCc2nc3ccccc3s2)cc1. The Morgan fingerprint density at radius 2 is 1.83 bits per heavy atom. The van der Waals surface area contributed by atoms with E-state index in [9.17, 15) is 9.59 Å². The van der Waals surface area contributed by atoms with Crippen molar-refractivity contribution in [3.8, 4) is 0 Å². The van der Waals surface area contributed by atoms with Crippen LogP contribution in [0.15, 0.2) is 48.5 Å². The van der Waals surface area contributed by atoms with E-state index in [0.29, 0.717) is 6.54 Å². The highest BCUT2D eigenvalue weighted by atomic mass is 32.1. The maximum absolute atomic E-state index is 11.8. The number of anilines is 1. The number of para-hydroxylation sites is 1. The van der Waals surface area contributed by atoms with Gasteiger partial charge in [0.2, 0.25) is 0 Å². The summed E-state index contributed by atoms with van der Waals surface area (Å²) in [6.07, 6.45) is 0. The van der Waals surface area contributed by atoms with Gasteiger partial charge < -0.3 is 19.7 Å². The molecule has 0 aliphatic rings. The Bertz CT molecular complexity index is 936. The van der Waals surface area contributed by atoms with Crippen LogP contribution < -0.4 is 10.2 Å². The van der Waals surface area contributed by atoms with E-state index in [1.54, 1.807) is 0 Å². The minimum atomic E-state index is -0.586. The van der Waals surface area contributed by atoms with Crippen LogP contribution in [-0.2, 0) is 32.2 Å². The van der Waals surface area contributed by atoms with Gasteiger partial charge in [-0.05, 0) is 29.8 Å². The molecule has 0 radical (unpaired) electrons. The molecular formula is C21H23N3O4S. The average molecular weight is 413 g/mol. The lowest BCUT2D eigenvalue weighted by Gasteiger charge is -2.13.